The van der Waals surface area contributed by atoms with Crippen LogP contribution < -0.4 is 10.1 Å². The molecule has 1 atom stereocenters. The third kappa shape index (κ3) is 3.24. The molecule has 2 aromatic heterocycles. The smallest absolute Gasteiger partial charge is 0.161 e. The molecule has 1 aliphatic heterocycles. The van der Waals surface area contributed by atoms with Gasteiger partial charge in [0.05, 0.1) is 13.2 Å². The van der Waals surface area contributed by atoms with Crippen LogP contribution in [-0.4, -0.2) is 40.9 Å². The number of phenolic OH excluding ortho intramolecular Hbond substituents is 1. The highest BCUT2D eigenvalue weighted by Crippen LogP contribution is 2.35. The highest BCUT2D eigenvalue weighted by Gasteiger charge is 2.19. The van der Waals surface area contributed by atoms with Crippen molar-refractivity contribution in [1.82, 2.24) is 9.38 Å². The zero-order chi connectivity index (χ0) is 18.1. The van der Waals surface area contributed by atoms with Gasteiger partial charge in [0.15, 0.2) is 11.5 Å². The zero-order valence-corrected chi connectivity index (χ0v) is 16.0. The number of phenols is 1. The predicted molar refractivity (Wildman–Crippen MR) is 104 cm³/mol. The van der Waals surface area contributed by atoms with E-state index in [2.05, 4.69) is 21.2 Å². The standard InChI is InChI=1S/C19H20BrN3O3/c1-25-16-9-12(4-6-15(16)24)18-19(21-10-14-3-2-8-26-14)23-11-13(20)5-7-17(23)22-18/h4-7,9,11,14,21,24H,2-3,8,10H2,1H3. The summed E-state index contributed by atoms with van der Waals surface area (Å²) in [5.41, 5.74) is 2.51. The summed E-state index contributed by atoms with van der Waals surface area (Å²) in [6.45, 7) is 1.55. The molecule has 0 aliphatic carbocycles. The molecule has 1 saturated heterocycles. The number of aromatic hydroxyl groups is 1. The van der Waals surface area contributed by atoms with Crippen LogP contribution in [0.25, 0.3) is 16.9 Å². The largest absolute Gasteiger partial charge is 0.504 e. The number of nitrogens with one attached hydrogen (secondary N) is 1. The van der Waals surface area contributed by atoms with E-state index in [1.165, 1.54) is 7.11 Å². The van der Waals surface area contributed by atoms with Gasteiger partial charge in [-0.25, -0.2) is 4.98 Å². The molecule has 0 saturated carbocycles. The SMILES string of the molecule is COc1cc(-c2nc3ccc(Br)cn3c2NCC2CCCO2)ccc1O. The van der Waals surface area contributed by atoms with E-state index in [1.807, 2.05) is 28.8 Å². The van der Waals surface area contributed by atoms with Gasteiger partial charge in [0.25, 0.3) is 0 Å². The molecule has 2 N–H and O–H groups in total. The van der Waals surface area contributed by atoms with E-state index in [-0.39, 0.29) is 11.9 Å². The van der Waals surface area contributed by atoms with Crippen LogP contribution in [0.3, 0.4) is 0 Å². The first-order valence-electron chi connectivity index (χ1n) is 8.56. The van der Waals surface area contributed by atoms with Gasteiger partial charge in [-0.3, -0.25) is 4.40 Å². The number of hydrogen-bond acceptors (Lipinski definition) is 5. The van der Waals surface area contributed by atoms with Crippen molar-refractivity contribution in [2.75, 3.05) is 25.6 Å². The lowest BCUT2D eigenvalue weighted by atomic mass is 10.1. The van der Waals surface area contributed by atoms with E-state index in [1.54, 1.807) is 12.1 Å². The Morgan fingerprint density at radius 3 is 3.04 bits per heavy atom. The number of rotatable bonds is 5. The van der Waals surface area contributed by atoms with Crippen LogP contribution in [0.2, 0.25) is 0 Å². The van der Waals surface area contributed by atoms with Crippen molar-refractivity contribution in [3.63, 3.8) is 0 Å². The second-order valence-corrected chi connectivity index (χ2v) is 7.20. The molecule has 3 heterocycles. The van der Waals surface area contributed by atoms with Gasteiger partial charge >= 0.3 is 0 Å². The summed E-state index contributed by atoms with van der Waals surface area (Å²) < 4.78 is 14.0. The molecular weight excluding hydrogens is 398 g/mol. The normalized spacial score (nSPS) is 16.9. The number of aromatic nitrogens is 2. The summed E-state index contributed by atoms with van der Waals surface area (Å²) in [6, 6.07) is 9.18. The maximum atomic E-state index is 9.89. The summed E-state index contributed by atoms with van der Waals surface area (Å²) in [5.74, 6) is 1.42. The van der Waals surface area contributed by atoms with Crippen molar-refractivity contribution in [2.45, 2.75) is 18.9 Å². The first-order chi connectivity index (χ1) is 12.7. The molecule has 7 heteroatoms. The van der Waals surface area contributed by atoms with Crippen LogP contribution in [0.5, 0.6) is 11.5 Å². The van der Waals surface area contributed by atoms with E-state index in [4.69, 9.17) is 14.5 Å². The number of methoxy groups -OCH3 is 1. The molecule has 136 valence electrons. The average molecular weight is 418 g/mol. The van der Waals surface area contributed by atoms with Crippen molar-refractivity contribution in [3.05, 3.63) is 41.0 Å². The van der Waals surface area contributed by atoms with E-state index in [0.29, 0.717) is 5.75 Å². The fraction of sp³-hybridized carbons (Fsp3) is 0.316. The van der Waals surface area contributed by atoms with Crippen LogP contribution >= 0.6 is 15.9 Å². The van der Waals surface area contributed by atoms with Gasteiger partial charge in [-0.15, -0.1) is 0 Å². The molecule has 6 nitrogen and oxygen atoms in total. The molecule has 0 spiro atoms. The molecule has 1 aromatic carbocycles. The molecule has 0 amide bonds. The van der Waals surface area contributed by atoms with E-state index in [0.717, 1.165) is 53.2 Å². The Bertz CT molecular complexity index is 935. The number of fused-ring (bicyclic) bond motifs is 1. The van der Waals surface area contributed by atoms with Gasteiger partial charge in [-0.05, 0) is 59.1 Å². The van der Waals surface area contributed by atoms with Crippen molar-refractivity contribution in [1.29, 1.82) is 0 Å². The van der Waals surface area contributed by atoms with Crippen LogP contribution in [0, 0.1) is 0 Å². The average Bonchev–Trinajstić information content (AvgIpc) is 3.28. The summed E-state index contributed by atoms with van der Waals surface area (Å²) in [6.07, 6.45) is 4.37. The van der Waals surface area contributed by atoms with Crippen molar-refractivity contribution in [3.8, 4) is 22.8 Å². The molecule has 1 unspecified atom stereocenters. The Morgan fingerprint density at radius 2 is 2.27 bits per heavy atom. The highest BCUT2D eigenvalue weighted by molar-refractivity contribution is 9.10. The lowest BCUT2D eigenvalue weighted by Gasteiger charge is -2.13. The number of nitrogens with zero attached hydrogens (tertiary/aromatic N) is 2. The first kappa shape index (κ1) is 17.2. The minimum Gasteiger partial charge on any atom is -0.504 e. The Hall–Kier alpha value is -2.25. The maximum Gasteiger partial charge on any atom is 0.161 e. The van der Waals surface area contributed by atoms with Gasteiger partial charge < -0.3 is 19.9 Å². The van der Waals surface area contributed by atoms with Gasteiger partial charge in [0, 0.05) is 29.4 Å². The number of halogens is 1. The molecular formula is C19H20BrN3O3. The number of anilines is 1. The third-order valence-electron chi connectivity index (χ3n) is 4.56. The van der Waals surface area contributed by atoms with Crippen molar-refractivity contribution >= 4 is 27.4 Å². The Balaban J connectivity index is 1.78. The van der Waals surface area contributed by atoms with E-state index in [9.17, 15) is 5.11 Å². The van der Waals surface area contributed by atoms with E-state index >= 15 is 0 Å². The predicted octanol–water partition coefficient (Wildman–Crippen LogP) is 4.07. The Kier molecular flexibility index (Phi) is 4.74. The number of hydrogen-bond donors (Lipinski definition) is 2. The van der Waals surface area contributed by atoms with Crippen LogP contribution in [0.15, 0.2) is 41.0 Å². The zero-order valence-electron chi connectivity index (χ0n) is 14.4. The maximum absolute atomic E-state index is 9.89. The fourth-order valence-corrected chi connectivity index (χ4v) is 3.57. The molecule has 0 bridgehead atoms. The topological polar surface area (TPSA) is 68.0 Å². The van der Waals surface area contributed by atoms with Crippen LogP contribution in [0.1, 0.15) is 12.8 Å². The Morgan fingerprint density at radius 1 is 1.38 bits per heavy atom. The quantitative estimate of drug-likeness (QED) is 0.654. The second kappa shape index (κ2) is 7.17. The van der Waals surface area contributed by atoms with Crippen LogP contribution in [-0.2, 0) is 4.74 Å². The van der Waals surface area contributed by atoms with Gasteiger partial charge in [-0.1, -0.05) is 0 Å². The lowest BCUT2D eigenvalue weighted by molar-refractivity contribution is 0.120. The summed E-state index contributed by atoms with van der Waals surface area (Å²) >= 11 is 3.53. The molecule has 0 radical (unpaired) electrons. The number of imidazole rings is 1. The monoisotopic (exact) mass is 417 g/mol. The summed E-state index contributed by atoms with van der Waals surface area (Å²) in [4.78, 5) is 4.78. The van der Waals surface area contributed by atoms with E-state index < -0.39 is 0 Å². The molecule has 26 heavy (non-hydrogen) atoms. The number of pyridine rings is 1. The van der Waals surface area contributed by atoms with Gasteiger partial charge in [0.2, 0.25) is 0 Å². The third-order valence-corrected chi connectivity index (χ3v) is 5.03. The lowest BCUT2D eigenvalue weighted by Crippen LogP contribution is -2.19. The summed E-state index contributed by atoms with van der Waals surface area (Å²) in [5, 5.41) is 13.4. The van der Waals surface area contributed by atoms with Gasteiger partial charge in [0.1, 0.15) is 17.2 Å². The van der Waals surface area contributed by atoms with Crippen LogP contribution in [0.4, 0.5) is 5.82 Å². The van der Waals surface area contributed by atoms with Gasteiger partial charge in [-0.2, -0.15) is 0 Å². The molecule has 3 aromatic rings. The molecule has 4 rings (SSSR count). The first-order valence-corrected chi connectivity index (χ1v) is 9.35. The number of ether oxygens (including phenoxy) is 2. The second-order valence-electron chi connectivity index (χ2n) is 6.29. The minimum atomic E-state index is 0.108. The Labute approximate surface area is 159 Å². The molecule has 1 aliphatic rings. The number of benzene rings is 1. The minimum absolute atomic E-state index is 0.108. The highest BCUT2D eigenvalue weighted by atomic mass is 79.9. The molecule has 1 fully saturated rings. The van der Waals surface area contributed by atoms with Crippen molar-refractivity contribution < 1.29 is 14.6 Å². The van der Waals surface area contributed by atoms with Crippen molar-refractivity contribution in [2.24, 2.45) is 0 Å². The summed E-state index contributed by atoms with van der Waals surface area (Å²) in [7, 11) is 1.54. The fourth-order valence-electron chi connectivity index (χ4n) is 3.23.